The predicted molar refractivity (Wildman–Crippen MR) is 90.2 cm³/mol. The average Bonchev–Trinajstić information content (AvgIpc) is 2.59. The molecule has 1 fully saturated rings. The Bertz CT molecular complexity index is 511. The summed E-state index contributed by atoms with van der Waals surface area (Å²) >= 11 is 0. The van der Waals surface area contributed by atoms with Crippen LogP contribution in [0.25, 0.3) is 0 Å². The van der Waals surface area contributed by atoms with E-state index >= 15 is 0 Å². The van der Waals surface area contributed by atoms with Gasteiger partial charge in [-0.15, -0.1) is 0 Å². The van der Waals surface area contributed by atoms with Gasteiger partial charge < -0.3 is 20.5 Å². The minimum atomic E-state index is -0.494. The molecule has 1 aromatic carbocycles. The second-order valence-electron chi connectivity index (χ2n) is 6.59. The van der Waals surface area contributed by atoms with Crippen molar-refractivity contribution in [3.8, 4) is 5.75 Å². The minimum absolute atomic E-state index is 0.0157. The van der Waals surface area contributed by atoms with E-state index in [-0.39, 0.29) is 5.91 Å². The lowest BCUT2D eigenvalue weighted by Gasteiger charge is -2.34. The summed E-state index contributed by atoms with van der Waals surface area (Å²) in [5, 5.41) is 3.03. The van der Waals surface area contributed by atoms with Gasteiger partial charge in [0.05, 0.1) is 12.0 Å². The Balaban J connectivity index is 1.98. The molecule has 5 nitrogen and oxygen atoms in total. The Morgan fingerprint density at radius 2 is 2.04 bits per heavy atom. The zero-order valence-electron chi connectivity index (χ0n) is 14.1. The van der Waals surface area contributed by atoms with E-state index in [1.165, 1.54) is 0 Å². The standard InChI is InChI=1S/C18H28N2O3/c1-14(2)12-23-16-6-4-3-5-15(16)11-20-17(21)18(13-19)7-9-22-10-8-18/h3-6,14H,7-13,19H2,1-2H3,(H,20,21). The van der Waals surface area contributed by atoms with Crippen molar-refractivity contribution in [2.45, 2.75) is 33.2 Å². The third-order valence-corrected chi connectivity index (χ3v) is 4.31. The van der Waals surface area contributed by atoms with Crippen molar-refractivity contribution < 1.29 is 14.3 Å². The summed E-state index contributed by atoms with van der Waals surface area (Å²) < 4.78 is 11.2. The number of hydrogen-bond donors (Lipinski definition) is 2. The fourth-order valence-electron chi connectivity index (χ4n) is 2.70. The maximum absolute atomic E-state index is 12.6. The molecule has 0 spiro atoms. The van der Waals surface area contributed by atoms with Crippen molar-refractivity contribution in [2.24, 2.45) is 17.1 Å². The maximum atomic E-state index is 12.6. The second-order valence-corrected chi connectivity index (χ2v) is 6.59. The van der Waals surface area contributed by atoms with Crippen molar-refractivity contribution in [1.82, 2.24) is 5.32 Å². The first kappa shape index (κ1) is 17.8. The van der Waals surface area contributed by atoms with E-state index in [0.717, 1.165) is 11.3 Å². The van der Waals surface area contributed by atoms with Crippen LogP contribution in [0.15, 0.2) is 24.3 Å². The lowest BCUT2D eigenvalue weighted by Crippen LogP contribution is -2.49. The van der Waals surface area contributed by atoms with Gasteiger partial charge in [-0.2, -0.15) is 0 Å². The second kappa shape index (κ2) is 8.31. The lowest BCUT2D eigenvalue weighted by atomic mass is 9.79. The summed E-state index contributed by atoms with van der Waals surface area (Å²) in [5.41, 5.74) is 6.37. The van der Waals surface area contributed by atoms with Crippen LogP contribution in [0, 0.1) is 11.3 Å². The third kappa shape index (κ3) is 4.69. The van der Waals surface area contributed by atoms with Crippen molar-refractivity contribution in [3.63, 3.8) is 0 Å². The first-order chi connectivity index (χ1) is 11.1. The highest BCUT2D eigenvalue weighted by Gasteiger charge is 2.38. The Morgan fingerprint density at radius 3 is 2.70 bits per heavy atom. The van der Waals surface area contributed by atoms with Crippen LogP contribution in [0.4, 0.5) is 0 Å². The average molecular weight is 320 g/mol. The molecule has 1 amide bonds. The van der Waals surface area contributed by atoms with Crippen molar-refractivity contribution in [3.05, 3.63) is 29.8 Å². The largest absolute Gasteiger partial charge is 0.493 e. The van der Waals surface area contributed by atoms with E-state index in [4.69, 9.17) is 15.2 Å². The van der Waals surface area contributed by atoms with Crippen molar-refractivity contribution in [2.75, 3.05) is 26.4 Å². The Morgan fingerprint density at radius 1 is 1.35 bits per heavy atom. The predicted octanol–water partition coefficient (Wildman–Crippen LogP) is 2.09. The molecule has 1 aliphatic rings. The molecule has 5 heteroatoms. The summed E-state index contributed by atoms with van der Waals surface area (Å²) in [4.78, 5) is 12.6. The number of ether oxygens (including phenoxy) is 2. The van der Waals surface area contributed by atoms with E-state index in [1.807, 2.05) is 24.3 Å². The Labute approximate surface area is 138 Å². The minimum Gasteiger partial charge on any atom is -0.493 e. The van der Waals surface area contributed by atoms with Gasteiger partial charge in [0.15, 0.2) is 0 Å². The molecule has 2 rings (SSSR count). The monoisotopic (exact) mass is 320 g/mol. The van der Waals surface area contributed by atoms with Gasteiger partial charge in [-0.1, -0.05) is 32.0 Å². The van der Waals surface area contributed by atoms with Gasteiger partial charge in [0.25, 0.3) is 0 Å². The quantitative estimate of drug-likeness (QED) is 0.807. The number of hydrogen-bond acceptors (Lipinski definition) is 4. The molecule has 0 bridgehead atoms. The number of rotatable bonds is 7. The Kier molecular flexibility index (Phi) is 6.42. The molecule has 1 aromatic rings. The van der Waals surface area contributed by atoms with Crippen LogP contribution >= 0.6 is 0 Å². The topological polar surface area (TPSA) is 73.6 Å². The van der Waals surface area contributed by atoms with E-state index < -0.39 is 5.41 Å². The normalized spacial score (nSPS) is 17.0. The van der Waals surface area contributed by atoms with E-state index in [9.17, 15) is 4.79 Å². The molecule has 0 saturated carbocycles. The van der Waals surface area contributed by atoms with Gasteiger partial charge in [-0.3, -0.25) is 4.79 Å². The molecule has 0 radical (unpaired) electrons. The number of para-hydroxylation sites is 1. The molecule has 3 N–H and O–H groups in total. The van der Waals surface area contributed by atoms with Crippen LogP contribution in [0.5, 0.6) is 5.75 Å². The Hall–Kier alpha value is -1.59. The summed E-state index contributed by atoms with van der Waals surface area (Å²) in [5.74, 6) is 1.30. The molecule has 1 aliphatic heterocycles. The molecular formula is C18H28N2O3. The molecule has 0 unspecified atom stereocenters. The van der Waals surface area contributed by atoms with Crippen LogP contribution in [0.1, 0.15) is 32.3 Å². The van der Waals surface area contributed by atoms with Crippen molar-refractivity contribution in [1.29, 1.82) is 0 Å². The number of carbonyl (C=O) groups is 1. The number of amides is 1. The lowest BCUT2D eigenvalue weighted by molar-refractivity contribution is -0.136. The third-order valence-electron chi connectivity index (χ3n) is 4.31. The van der Waals surface area contributed by atoms with Crippen LogP contribution in [-0.2, 0) is 16.1 Å². The van der Waals surface area contributed by atoms with Gasteiger partial charge >= 0.3 is 0 Å². The van der Waals surface area contributed by atoms with E-state index in [2.05, 4.69) is 19.2 Å². The highest BCUT2D eigenvalue weighted by atomic mass is 16.5. The highest BCUT2D eigenvalue weighted by Crippen LogP contribution is 2.30. The van der Waals surface area contributed by atoms with Crippen LogP contribution < -0.4 is 15.8 Å². The smallest absolute Gasteiger partial charge is 0.227 e. The number of benzene rings is 1. The summed E-state index contributed by atoms with van der Waals surface area (Å²) in [7, 11) is 0. The summed E-state index contributed by atoms with van der Waals surface area (Å²) in [6, 6.07) is 7.82. The van der Waals surface area contributed by atoms with E-state index in [0.29, 0.717) is 51.7 Å². The summed E-state index contributed by atoms with van der Waals surface area (Å²) in [6.07, 6.45) is 1.36. The van der Waals surface area contributed by atoms with Gasteiger partial charge in [0.1, 0.15) is 5.75 Å². The maximum Gasteiger partial charge on any atom is 0.227 e. The van der Waals surface area contributed by atoms with Crippen molar-refractivity contribution >= 4 is 5.91 Å². The fraction of sp³-hybridized carbons (Fsp3) is 0.611. The van der Waals surface area contributed by atoms with Gasteiger partial charge in [0, 0.05) is 31.9 Å². The molecule has 1 saturated heterocycles. The van der Waals surface area contributed by atoms with Crippen LogP contribution in [0.3, 0.4) is 0 Å². The number of nitrogens with one attached hydrogen (secondary N) is 1. The van der Waals surface area contributed by atoms with E-state index in [1.54, 1.807) is 0 Å². The highest BCUT2D eigenvalue weighted by molar-refractivity contribution is 5.83. The SMILES string of the molecule is CC(C)COc1ccccc1CNC(=O)C1(CN)CCOCC1. The molecule has 0 aliphatic carbocycles. The summed E-state index contributed by atoms with van der Waals surface area (Å²) in [6.45, 7) is 6.89. The van der Waals surface area contributed by atoms with Crippen LogP contribution in [0.2, 0.25) is 0 Å². The molecule has 1 heterocycles. The first-order valence-electron chi connectivity index (χ1n) is 8.34. The van der Waals surface area contributed by atoms with Crippen LogP contribution in [-0.4, -0.2) is 32.3 Å². The number of carbonyl (C=O) groups excluding carboxylic acids is 1. The molecule has 0 atom stereocenters. The number of nitrogens with two attached hydrogens (primary N) is 1. The zero-order chi connectivity index (χ0) is 16.7. The molecule has 0 aromatic heterocycles. The molecular weight excluding hydrogens is 292 g/mol. The van der Waals surface area contributed by atoms with Gasteiger partial charge in [-0.25, -0.2) is 0 Å². The van der Waals surface area contributed by atoms with Gasteiger partial charge in [-0.05, 0) is 24.8 Å². The molecule has 23 heavy (non-hydrogen) atoms. The fourth-order valence-corrected chi connectivity index (χ4v) is 2.70. The zero-order valence-corrected chi connectivity index (χ0v) is 14.1. The first-order valence-corrected chi connectivity index (χ1v) is 8.34. The van der Waals surface area contributed by atoms with Gasteiger partial charge in [0.2, 0.25) is 5.91 Å². The molecule has 128 valence electrons.